The maximum absolute atomic E-state index is 9.31. The molecule has 1 aromatic heterocycles. The third-order valence-corrected chi connectivity index (χ3v) is 3.51. The van der Waals surface area contributed by atoms with E-state index in [-0.39, 0.29) is 12.4 Å². The fourth-order valence-electron chi connectivity index (χ4n) is 2.17. The van der Waals surface area contributed by atoms with E-state index in [0.29, 0.717) is 10.6 Å². The van der Waals surface area contributed by atoms with Gasteiger partial charge in [0.1, 0.15) is 6.07 Å². The van der Waals surface area contributed by atoms with E-state index in [1.165, 1.54) is 5.56 Å². The van der Waals surface area contributed by atoms with Crippen LogP contribution in [0.2, 0.25) is 5.02 Å². The molecule has 0 saturated heterocycles. The molecule has 0 amide bonds. The van der Waals surface area contributed by atoms with Crippen LogP contribution in [-0.2, 0) is 0 Å². The summed E-state index contributed by atoms with van der Waals surface area (Å²) in [5.74, 6) is 0. The van der Waals surface area contributed by atoms with E-state index < -0.39 is 0 Å². The predicted molar refractivity (Wildman–Crippen MR) is 93.2 cm³/mol. The number of hydrogen-bond donors (Lipinski definition) is 1. The Morgan fingerprint density at radius 2 is 1.86 bits per heavy atom. The van der Waals surface area contributed by atoms with Gasteiger partial charge >= 0.3 is 0 Å². The molecule has 0 aliphatic heterocycles. The van der Waals surface area contributed by atoms with Crippen molar-refractivity contribution in [2.24, 2.45) is 0 Å². The molecule has 3 aromatic rings. The molecule has 110 valence electrons. The Hall–Kier alpha value is -2.28. The van der Waals surface area contributed by atoms with Gasteiger partial charge in [-0.1, -0.05) is 29.3 Å². The summed E-state index contributed by atoms with van der Waals surface area (Å²) in [6.07, 6.45) is 1.58. The van der Waals surface area contributed by atoms with Crippen molar-refractivity contribution in [3.63, 3.8) is 0 Å². The standard InChI is InChI=1S/C17H12ClN3.ClH/c1-11-2-5-14(6-3-11)21-17-12(9-19)10-20-16-7-4-13(18)8-15(16)17;/h2-8,10H,1H3,(H,20,21);1H. The SMILES string of the molecule is Cc1ccc(Nc2c(C#N)cnc3ccc(Cl)cc23)cc1.Cl. The molecule has 1 heterocycles. The Morgan fingerprint density at radius 1 is 1.14 bits per heavy atom. The second kappa shape index (κ2) is 6.65. The van der Waals surface area contributed by atoms with Crippen molar-refractivity contribution in [1.82, 2.24) is 4.98 Å². The number of aromatic nitrogens is 1. The molecule has 0 unspecified atom stereocenters. The number of fused-ring (bicyclic) bond motifs is 1. The molecule has 3 rings (SSSR count). The van der Waals surface area contributed by atoms with Gasteiger partial charge in [-0.2, -0.15) is 5.26 Å². The van der Waals surface area contributed by atoms with Crippen LogP contribution >= 0.6 is 24.0 Å². The van der Waals surface area contributed by atoms with E-state index in [1.807, 2.05) is 43.3 Å². The summed E-state index contributed by atoms with van der Waals surface area (Å²) >= 11 is 6.07. The molecule has 0 radical (unpaired) electrons. The summed E-state index contributed by atoms with van der Waals surface area (Å²) in [4.78, 5) is 4.29. The second-order valence-corrected chi connectivity index (χ2v) is 5.25. The van der Waals surface area contributed by atoms with Crippen molar-refractivity contribution in [2.45, 2.75) is 6.92 Å². The van der Waals surface area contributed by atoms with Crippen LogP contribution in [-0.4, -0.2) is 4.98 Å². The maximum Gasteiger partial charge on any atom is 0.103 e. The highest BCUT2D eigenvalue weighted by molar-refractivity contribution is 6.31. The highest BCUT2D eigenvalue weighted by Crippen LogP contribution is 2.30. The molecule has 0 saturated carbocycles. The van der Waals surface area contributed by atoms with E-state index in [2.05, 4.69) is 16.4 Å². The molecule has 0 bridgehead atoms. The quantitative estimate of drug-likeness (QED) is 0.699. The normalized spacial score (nSPS) is 9.86. The van der Waals surface area contributed by atoms with Gasteiger partial charge in [-0.15, -0.1) is 12.4 Å². The average Bonchev–Trinajstić information content (AvgIpc) is 2.50. The van der Waals surface area contributed by atoms with Crippen molar-refractivity contribution >= 4 is 46.3 Å². The number of nitrogens with zero attached hydrogens (tertiary/aromatic N) is 2. The van der Waals surface area contributed by atoms with Crippen LogP contribution in [0.15, 0.2) is 48.7 Å². The van der Waals surface area contributed by atoms with E-state index in [1.54, 1.807) is 12.3 Å². The van der Waals surface area contributed by atoms with Gasteiger partial charge in [0.2, 0.25) is 0 Å². The summed E-state index contributed by atoms with van der Waals surface area (Å²) in [6, 6.07) is 15.6. The van der Waals surface area contributed by atoms with Crippen molar-refractivity contribution in [2.75, 3.05) is 5.32 Å². The lowest BCUT2D eigenvalue weighted by molar-refractivity contribution is 1.36. The van der Waals surface area contributed by atoms with Gasteiger partial charge < -0.3 is 5.32 Å². The number of nitrogens with one attached hydrogen (secondary N) is 1. The topological polar surface area (TPSA) is 48.7 Å². The molecule has 1 N–H and O–H groups in total. The number of rotatable bonds is 2. The third-order valence-electron chi connectivity index (χ3n) is 3.27. The molecule has 0 atom stereocenters. The van der Waals surface area contributed by atoms with Gasteiger partial charge in [-0.25, -0.2) is 0 Å². The first-order valence-corrected chi connectivity index (χ1v) is 6.87. The molecule has 0 aliphatic carbocycles. The number of benzene rings is 2. The fraction of sp³-hybridized carbons (Fsp3) is 0.0588. The smallest absolute Gasteiger partial charge is 0.103 e. The number of pyridine rings is 1. The number of hydrogen-bond acceptors (Lipinski definition) is 3. The molecular formula is C17H13Cl2N3. The lowest BCUT2D eigenvalue weighted by Crippen LogP contribution is -1.96. The number of aryl methyl sites for hydroxylation is 1. The van der Waals surface area contributed by atoms with Crippen LogP contribution in [0.1, 0.15) is 11.1 Å². The van der Waals surface area contributed by atoms with Gasteiger partial charge in [-0.3, -0.25) is 4.98 Å². The van der Waals surface area contributed by atoms with Crippen molar-refractivity contribution in [1.29, 1.82) is 5.26 Å². The summed E-state index contributed by atoms with van der Waals surface area (Å²) in [7, 11) is 0. The lowest BCUT2D eigenvalue weighted by Gasteiger charge is -2.12. The molecule has 3 nitrogen and oxygen atoms in total. The lowest BCUT2D eigenvalue weighted by atomic mass is 10.1. The minimum atomic E-state index is 0. The van der Waals surface area contributed by atoms with Crippen molar-refractivity contribution in [3.05, 3.63) is 64.8 Å². The summed E-state index contributed by atoms with van der Waals surface area (Å²) in [5, 5.41) is 14.1. The number of anilines is 2. The van der Waals surface area contributed by atoms with Gasteiger partial charge in [0, 0.05) is 22.3 Å². The molecule has 0 fully saturated rings. The summed E-state index contributed by atoms with van der Waals surface area (Å²) < 4.78 is 0. The van der Waals surface area contributed by atoms with E-state index >= 15 is 0 Å². The molecule has 0 aliphatic rings. The van der Waals surface area contributed by atoms with Crippen LogP contribution in [0.5, 0.6) is 0 Å². The van der Waals surface area contributed by atoms with Crippen molar-refractivity contribution in [3.8, 4) is 6.07 Å². The van der Waals surface area contributed by atoms with Crippen LogP contribution in [0.25, 0.3) is 10.9 Å². The van der Waals surface area contributed by atoms with Crippen molar-refractivity contribution < 1.29 is 0 Å². The maximum atomic E-state index is 9.31. The Kier molecular flexibility index (Phi) is 4.87. The van der Waals surface area contributed by atoms with Gasteiger partial charge in [-0.05, 0) is 37.3 Å². The van der Waals surface area contributed by atoms with Gasteiger partial charge in [0.25, 0.3) is 0 Å². The molecule has 22 heavy (non-hydrogen) atoms. The summed E-state index contributed by atoms with van der Waals surface area (Å²) in [5.41, 5.74) is 4.13. The Balaban J connectivity index is 0.00000176. The van der Waals surface area contributed by atoms with Crippen LogP contribution in [0.3, 0.4) is 0 Å². The minimum absolute atomic E-state index is 0. The first kappa shape index (κ1) is 16.1. The highest BCUT2D eigenvalue weighted by Gasteiger charge is 2.09. The average molecular weight is 330 g/mol. The zero-order valence-electron chi connectivity index (χ0n) is 11.8. The van der Waals surface area contributed by atoms with Crippen LogP contribution < -0.4 is 5.32 Å². The van der Waals surface area contributed by atoms with E-state index in [4.69, 9.17) is 11.6 Å². The van der Waals surface area contributed by atoms with E-state index in [0.717, 1.165) is 22.3 Å². The zero-order chi connectivity index (χ0) is 14.8. The Labute approximate surface area is 140 Å². The van der Waals surface area contributed by atoms with Crippen LogP contribution in [0.4, 0.5) is 11.4 Å². The second-order valence-electron chi connectivity index (χ2n) is 4.81. The monoisotopic (exact) mass is 329 g/mol. The molecule has 0 spiro atoms. The number of nitriles is 1. The molecule has 2 aromatic carbocycles. The van der Waals surface area contributed by atoms with Gasteiger partial charge in [0.15, 0.2) is 0 Å². The third kappa shape index (κ3) is 3.14. The first-order valence-electron chi connectivity index (χ1n) is 6.49. The number of halogens is 2. The predicted octanol–water partition coefficient (Wildman–Crippen LogP) is 5.23. The Morgan fingerprint density at radius 3 is 2.55 bits per heavy atom. The highest BCUT2D eigenvalue weighted by atomic mass is 35.5. The molecular weight excluding hydrogens is 317 g/mol. The molecule has 5 heteroatoms. The van der Waals surface area contributed by atoms with Crippen LogP contribution in [0, 0.1) is 18.3 Å². The van der Waals surface area contributed by atoms with Gasteiger partial charge in [0.05, 0.1) is 16.8 Å². The van der Waals surface area contributed by atoms with E-state index in [9.17, 15) is 5.26 Å². The zero-order valence-corrected chi connectivity index (χ0v) is 13.4. The minimum Gasteiger partial charge on any atom is -0.354 e. The fourth-order valence-corrected chi connectivity index (χ4v) is 2.34. The summed E-state index contributed by atoms with van der Waals surface area (Å²) in [6.45, 7) is 2.03. The largest absolute Gasteiger partial charge is 0.354 e. The Bertz CT molecular complexity index is 852. The first-order chi connectivity index (χ1) is 10.2.